The van der Waals surface area contributed by atoms with E-state index >= 15 is 0 Å². The highest BCUT2D eigenvalue weighted by Gasteiger charge is 2.59. The van der Waals surface area contributed by atoms with Gasteiger partial charge in [-0.2, -0.15) is 0 Å². The van der Waals surface area contributed by atoms with Crippen LogP contribution in [0.1, 0.15) is 44.5 Å². The van der Waals surface area contributed by atoms with Crippen LogP contribution >= 0.6 is 0 Å². The van der Waals surface area contributed by atoms with Gasteiger partial charge in [0.15, 0.2) is 0 Å². The van der Waals surface area contributed by atoms with Gasteiger partial charge in [0, 0.05) is 38.5 Å². The van der Waals surface area contributed by atoms with Crippen LogP contribution in [0.5, 0.6) is 0 Å². The van der Waals surface area contributed by atoms with Gasteiger partial charge in [-0.3, -0.25) is 0 Å². The fraction of sp³-hybridized carbons (Fsp3) is 0.245. The zero-order valence-electron chi connectivity index (χ0n) is 36.1. The minimum Gasteiger partial charge on any atom is -0.310 e. The van der Waals surface area contributed by atoms with Crippen LogP contribution in [-0.2, 0) is 4.66 Å². The lowest BCUT2D eigenvalue weighted by atomic mass is 9.95. The largest absolute Gasteiger partial charge is 0.310 e. The number of fused-ring (bicyclic) bond motifs is 5. The molecule has 57 heavy (non-hydrogen) atoms. The second-order valence-electron chi connectivity index (χ2n) is 18.8. The third-order valence-electron chi connectivity index (χ3n) is 12.5. The topological polar surface area (TPSA) is 6.48 Å². The van der Waals surface area contributed by atoms with Gasteiger partial charge in [0.1, 0.15) is 0 Å². The van der Waals surface area contributed by atoms with Gasteiger partial charge in [0.25, 0.3) is 0 Å². The molecular formula is C53H58N2Si2. The lowest BCUT2D eigenvalue weighted by Gasteiger charge is -2.51. The highest BCUT2D eigenvalue weighted by Crippen LogP contribution is 2.62. The summed E-state index contributed by atoms with van der Waals surface area (Å²) < 4.78 is -0.0840. The van der Waals surface area contributed by atoms with Crippen molar-refractivity contribution >= 4 is 61.0 Å². The summed E-state index contributed by atoms with van der Waals surface area (Å²) in [6.07, 6.45) is 0. The van der Waals surface area contributed by atoms with Crippen molar-refractivity contribution < 1.29 is 0 Å². The Morgan fingerprint density at radius 3 is 1.35 bits per heavy atom. The van der Waals surface area contributed by atoms with Crippen LogP contribution < -0.4 is 9.80 Å². The van der Waals surface area contributed by atoms with E-state index in [1.54, 1.807) is 0 Å². The number of aryl methyl sites for hydroxylation is 6. The molecule has 288 valence electrons. The number of rotatable bonds is 8. The van der Waals surface area contributed by atoms with E-state index in [4.69, 9.17) is 0 Å². The van der Waals surface area contributed by atoms with Crippen LogP contribution in [-0.4, -0.2) is 16.1 Å². The van der Waals surface area contributed by atoms with E-state index < -0.39 is 16.1 Å². The van der Waals surface area contributed by atoms with Crippen molar-refractivity contribution in [3.63, 3.8) is 0 Å². The van der Waals surface area contributed by atoms with E-state index in [-0.39, 0.29) is 4.66 Å². The molecule has 0 radical (unpaired) electrons. The van der Waals surface area contributed by atoms with Gasteiger partial charge in [0.2, 0.25) is 0 Å². The highest BCUT2D eigenvalue weighted by molar-refractivity contribution is 6.99. The number of benzene rings is 7. The van der Waals surface area contributed by atoms with Crippen LogP contribution in [0.3, 0.4) is 0 Å². The lowest BCUT2D eigenvalue weighted by molar-refractivity contribution is 0.951. The summed E-state index contributed by atoms with van der Waals surface area (Å²) in [6, 6.07) is 51.1. The standard InChI is InChI=1S/C53H58N2Si2/c1-35-27-36(2)30-42(29-35)54(49-23-17-13-19-39(49)5)41-25-26-46-47(33-41)53(56(7,8)9,57(10,11)12)48-34-51(44-21-15-16-22-45(44)52(46)48)55(50-24-18-14-20-40(50)6)43-31-37(3)28-38(4)32-43/h13-34H,1-12H3. The molecule has 4 heteroatoms. The molecule has 0 N–H and O–H groups in total. The summed E-state index contributed by atoms with van der Waals surface area (Å²) in [7, 11) is -4.13. The smallest absolute Gasteiger partial charge is 0.0579 e. The summed E-state index contributed by atoms with van der Waals surface area (Å²) in [4.78, 5) is 5.08. The molecule has 1 aliphatic carbocycles. The first-order valence-electron chi connectivity index (χ1n) is 20.6. The van der Waals surface area contributed by atoms with Gasteiger partial charge in [-0.15, -0.1) is 0 Å². The zero-order valence-corrected chi connectivity index (χ0v) is 38.1. The molecule has 1 aliphatic rings. The summed E-state index contributed by atoms with van der Waals surface area (Å²) in [5, 5.41) is 2.62. The maximum Gasteiger partial charge on any atom is 0.0579 e. The van der Waals surface area contributed by atoms with Gasteiger partial charge in [-0.05, 0) is 157 Å². The second kappa shape index (κ2) is 14.0. The molecule has 0 saturated heterocycles. The Labute approximate surface area is 343 Å². The average molecular weight is 779 g/mol. The van der Waals surface area contributed by atoms with Crippen molar-refractivity contribution in [2.45, 2.75) is 85.5 Å². The van der Waals surface area contributed by atoms with Gasteiger partial charge >= 0.3 is 0 Å². The first-order chi connectivity index (χ1) is 27.0. The molecule has 0 unspecified atom stereocenters. The van der Waals surface area contributed by atoms with E-state index in [9.17, 15) is 0 Å². The molecule has 0 amide bonds. The molecular weight excluding hydrogens is 721 g/mol. The quantitative estimate of drug-likeness (QED) is 0.142. The Morgan fingerprint density at radius 2 is 0.842 bits per heavy atom. The van der Waals surface area contributed by atoms with E-state index in [0.29, 0.717) is 0 Å². The predicted octanol–water partition coefficient (Wildman–Crippen LogP) is 15.7. The molecule has 0 saturated carbocycles. The predicted molar refractivity (Wildman–Crippen MR) is 255 cm³/mol. The SMILES string of the molecule is Cc1cc(C)cc(N(c2ccc3c(c2)C([Si](C)(C)C)([Si](C)(C)C)c2cc(N(c4cc(C)cc(C)c4)c4ccccc4C)c4ccccc4c2-3)c2ccccc2C)c1. The fourth-order valence-corrected chi connectivity index (χ4v) is 23.9. The second-order valence-corrected chi connectivity index (χ2v) is 29.8. The fourth-order valence-electron chi connectivity index (χ4n) is 10.8. The molecule has 0 spiro atoms. The molecule has 7 aromatic rings. The molecule has 0 bridgehead atoms. The van der Waals surface area contributed by atoms with Crippen LogP contribution in [0.4, 0.5) is 34.1 Å². The average Bonchev–Trinajstić information content (AvgIpc) is 3.44. The number of hydrogen-bond donors (Lipinski definition) is 0. The van der Waals surface area contributed by atoms with Gasteiger partial charge in [0.05, 0.1) is 21.8 Å². The number of hydrogen-bond acceptors (Lipinski definition) is 2. The minimum absolute atomic E-state index is 0.0840. The maximum atomic E-state index is 2.65. The normalized spacial score (nSPS) is 13.4. The van der Waals surface area contributed by atoms with Crippen molar-refractivity contribution in [2.75, 3.05) is 9.80 Å². The van der Waals surface area contributed by atoms with Gasteiger partial charge in [-0.1, -0.05) is 118 Å². The number of anilines is 6. The monoisotopic (exact) mass is 778 g/mol. The summed E-state index contributed by atoms with van der Waals surface area (Å²) in [5.74, 6) is 0. The molecule has 0 heterocycles. The van der Waals surface area contributed by atoms with E-state index in [2.05, 4.69) is 224 Å². The Kier molecular flexibility index (Phi) is 9.53. The zero-order chi connectivity index (χ0) is 40.6. The molecule has 0 aliphatic heterocycles. The summed E-state index contributed by atoms with van der Waals surface area (Å²) in [6.45, 7) is 29.2. The number of para-hydroxylation sites is 2. The first kappa shape index (κ1) is 38.7. The summed E-state index contributed by atoms with van der Waals surface area (Å²) in [5.41, 5.74) is 20.8. The first-order valence-corrected chi connectivity index (χ1v) is 27.6. The highest BCUT2D eigenvalue weighted by atomic mass is 28.4. The molecule has 0 fully saturated rings. The third-order valence-corrected chi connectivity index (χ3v) is 22.6. The molecule has 2 nitrogen and oxygen atoms in total. The van der Waals surface area contributed by atoms with Crippen molar-refractivity contribution in [1.82, 2.24) is 0 Å². The molecule has 7 aromatic carbocycles. The van der Waals surface area contributed by atoms with Crippen molar-refractivity contribution in [2.24, 2.45) is 0 Å². The van der Waals surface area contributed by atoms with E-state index in [1.807, 2.05) is 0 Å². The molecule has 0 atom stereocenters. The Balaban J connectivity index is 1.49. The maximum absolute atomic E-state index is 2.65. The lowest BCUT2D eigenvalue weighted by Crippen LogP contribution is -2.63. The van der Waals surface area contributed by atoms with Crippen LogP contribution in [0.2, 0.25) is 39.3 Å². The van der Waals surface area contributed by atoms with E-state index in [0.717, 1.165) is 0 Å². The van der Waals surface area contributed by atoms with Crippen LogP contribution in [0.15, 0.2) is 133 Å². The summed E-state index contributed by atoms with van der Waals surface area (Å²) >= 11 is 0. The van der Waals surface area contributed by atoms with Crippen molar-refractivity contribution in [1.29, 1.82) is 0 Å². The Bertz CT molecular complexity index is 2640. The minimum atomic E-state index is -2.07. The van der Waals surface area contributed by atoms with Crippen molar-refractivity contribution in [3.8, 4) is 11.1 Å². The Hall–Kier alpha value is -5.17. The molecule has 8 rings (SSSR count). The van der Waals surface area contributed by atoms with E-state index in [1.165, 1.54) is 101 Å². The molecule has 0 aromatic heterocycles. The van der Waals surface area contributed by atoms with Gasteiger partial charge < -0.3 is 9.80 Å². The van der Waals surface area contributed by atoms with Crippen LogP contribution in [0, 0.1) is 41.5 Å². The van der Waals surface area contributed by atoms with Crippen LogP contribution in [0.25, 0.3) is 21.9 Å². The van der Waals surface area contributed by atoms with Crippen molar-refractivity contribution in [3.05, 3.63) is 178 Å². The third kappa shape index (κ3) is 6.29. The Morgan fingerprint density at radius 1 is 0.386 bits per heavy atom. The number of nitrogens with zero attached hydrogens (tertiary/aromatic N) is 2. The van der Waals surface area contributed by atoms with Gasteiger partial charge in [-0.25, -0.2) is 0 Å².